The minimum atomic E-state index is -5.77. The fraction of sp³-hybridized carbons (Fsp3) is 0.462. The maximum Gasteiger partial charge on any atom is 0.458 e. The average molecular weight is 581 g/mol. The van der Waals surface area contributed by atoms with Crippen LogP contribution < -0.4 is 15.5 Å². The third-order valence-electron chi connectivity index (χ3n) is 7.10. The van der Waals surface area contributed by atoms with Crippen LogP contribution in [0.4, 0.5) is 50.9 Å². The molecule has 5 nitrogen and oxygen atoms in total. The fourth-order valence-electron chi connectivity index (χ4n) is 5.28. The predicted molar refractivity (Wildman–Crippen MR) is 127 cm³/mol. The zero-order chi connectivity index (χ0) is 29.5. The van der Waals surface area contributed by atoms with Crippen LogP contribution in [0.15, 0.2) is 36.4 Å². The van der Waals surface area contributed by atoms with Crippen molar-refractivity contribution in [1.29, 1.82) is 0 Å². The molecule has 0 unspecified atom stereocenters. The van der Waals surface area contributed by atoms with E-state index in [9.17, 15) is 49.1 Å². The lowest BCUT2D eigenvalue weighted by Gasteiger charge is -2.42. The summed E-state index contributed by atoms with van der Waals surface area (Å²) in [6.07, 6.45) is -13.6. The first-order chi connectivity index (χ1) is 18.6. The lowest BCUT2D eigenvalue weighted by Crippen LogP contribution is -2.41. The second kappa shape index (κ2) is 10.9. The SMILES string of the molecule is FC(F)(F)c1ccc(CNc2cc3c4c(c2)[C@@H]2CNC[C@@H]2CN4CCC3)cc1.O=C(C(=O)C(F)(F)F)C(F)(F)F. The first-order valence-corrected chi connectivity index (χ1v) is 12.3. The molecule has 0 aromatic heterocycles. The molecule has 3 aliphatic heterocycles. The van der Waals surface area contributed by atoms with Crippen LogP contribution in [0.1, 0.15) is 34.6 Å². The van der Waals surface area contributed by atoms with Gasteiger partial charge < -0.3 is 15.5 Å². The van der Waals surface area contributed by atoms with Crippen LogP contribution in [-0.4, -0.2) is 50.1 Å². The number of fused-ring (bicyclic) bond motifs is 2. The zero-order valence-electron chi connectivity index (χ0n) is 20.7. The Kier molecular flexibility index (Phi) is 8.12. The van der Waals surface area contributed by atoms with Crippen LogP contribution in [0, 0.1) is 5.92 Å². The van der Waals surface area contributed by atoms with E-state index in [0.29, 0.717) is 18.4 Å². The van der Waals surface area contributed by atoms with Gasteiger partial charge in [-0.25, -0.2) is 0 Å². The van der Waals surface area contributed by atoms with Crippen molar-refractivity contribution in [2.75, 3.05) is 36.4 Å². The van der Waals surface area contributed by atoms with Crippen LogP contribution in [0.2, 0.25) is 0 Å². The van der Waals surface area contributed by atoms with Gasteiger partial charge in [-0.05, 0) is 59.7 Å². The van der Waals surface area contributed by atoms with Crippen molar-refractivity contribution in [2.24, 2.45) is 5.92 Å². The van der Waals surface area contributed by atoms with E-state index in [1.165, 1.54) is 23.2 Å². The van der Waals surface area contributed by atoms with Crippen molar-refractivity contribution in [3.05, 3.63) is 58.7 Å². The molecule has 0 radical (unpaired) electrons. The number of Topliss-reactive ketones (excluding diaryl/α,β-unsaturated/α-hetero) is 2. The van der Waals surface area contributed by atoms with E-state index in [1.54, 1.807) is 12.1 Å². The van der Waals surface area contributed by atoms with E-state index in [0.717, 1.165) is 56.0 Å². The Morgan fingerprint density at radius 3 is 2.10 bits per heavy atom. The third-order valence-corrected chi connectivity index (χ3v) is 7.10. The molecule has 2 aromatic carbocycles. The maximum atomic E-state index is 12.7. The van der Waals surface area contributed by atoms with Crippen molar-refractivity contribution >= 4 is 22.9 Å². The highest BCUT2D eigenvalue weighted by atomic mass is 19.4. The highest BCUT2D eigenvalue weighted by Gasteiger charge is 2.54. The van der Waals surface area contributed by atoms with Gasteiger partial charge in [-0.2, -0.15) is 39.5 Å². The summed E-state index contributed by atoms with van der Waals surface area (Å²) in [6, 6.07) is 9.91. The summed E-state index contributed by atoms with van der Waals surface area (Å²) in [5, 5.41) is 6.99. The largest absolute Gasteiger partial charge is 0.458 e. The second-order valence-electron chi connectivity index (χ2n) is 9.85. The van der Waals surface area contributed by atoms with Gasteiger partial charge in [0.1, 0.15) is 0 Å². The summed E-state index contributed by atoms with van der Waals surface area (Å²) in [4.78, 5) is 21.8. The van der Waals surface area contributed by atoms with Crippen LogP contribution in [0.5, 0.6) is 0 Å². The van der Waals surface area contributed by atoms with E-state index >= 15 is 0 Å². The Balaban J connectivity index is 0.000000263. The normalized spacial score (nSPS) is 20.2. The molecule has 1 fully saturated rings. The number of ketones is 2. The fourth-order valence-corrected chi connectivity index (χ4v) is 5.28. The number of hydrogen-bond donors (Lipinski definition) is 2. The molecule has 0 saturated carbocycles. The minimum absolute atomic E-state index is 0.520. The second-order valence-corrected chi connectivity index (χ2v) is 9.85. The van der Waals surface area contributed by atoms with Gasteiger partial charge >= 0.3 is 30.1 Å². The summed E-state index contributed by atoms with van der Waals surface area (Å²) in [7, 11) is 0. The number of carbonyl (C=O) groups excluding carboxylic acids is 2. The van der Waals surface area contributed by atoms with Crippen molar-refractivity contribution in [3.8, 4) is 0 Å². The molecule has 0 amide bonds. The Bertz CT molecular complexity index is 1230. The van der Waals surface area contributed by atoms with Gasteiger partial charge in [0.2, 0.25) is 0 Å². The molecule has 0 bridgehead atoms. The number of rotatable bonds is 4. The summed E-state index contributed by atoms with van der Waals surface area (Å²) < 4.78 is 105. The van der Waals surface area contributed by atoms with E-state index in [-0.39, 0.29) is 0 Å². The molecule has 0 spiro atoms. The van der Waals surface area contributed by atoms with Crippen molar-refractivity contribution in [1.82, 2.24) is 5.32 Å². The van der Waals surface area contributed by atoms with E-state index in [2.05, 4.69) is 27.7 Å². The molecule has 0 aliphatic carbocycles. The number of alkyl halides is 9. The quantitative estimate of drug-likeness (QED) is 0.362. The van der Waals surface area contributed by atoms with Crippen molar-refractivity contribution in [2.45, 2.75) is 43.8 Å². The van der Waals surface area contributed by atoms with Gasteiger partial charge in [-0.15, -0.1) is 0 Å². The molecule has 2 atom stereocenters. The number of hydrogen-bond acceptors (Lipinski definition) is 5. The molecule has 40 heavy (non-hydrogen) atoms. The third kappa shape index (κ3) is 6.53. The predicted octanol–water partition coefficient (Wildman–Crippen LogP) is 5.64. The molecule has 1 saturated heterocycles. The van der Waals surface area contributed by atoms with Gasteiger partial charge in [0.25, 0.3) is 0 Å². The standard InChI is InChI=1S/C22H24F3N3.C4F6O2/c23-22(24,25)17-5-3-14(4-6-17)10-27-18-8-15-2-1-7-28-13-16-11-26-12-20(16)19(9-18)21(15)28;5-3(6,7)1(11)2(12)4(8,9)10/h3-6,8-9,16,20,26-27H,1-2,7,10-13H2;/t16-,20-;/m1./s1. The molecule has 3 aliphatic rings. The smallest absolute Gasteiger partial charge is 0.381 e. The molecular formula is C26H24F9N3O2. The number of carbonyl (C=O) groups is 2. The number of nitrogens with zero attached hydrogens (tertiary/aromatic N) is 1. The Labute approximate surface area is 222 Å². The monoisotopic (exact) mass is 581 g/mol. The van der Waals surface area contributed by atoms with Crippen molar-refractivity contribution < 1.29 is 49.1 Å². The topological polar surface area (TPSA) is 61.4 Å². The van der Waals surface area contributed by atoms with Gasteiger partial charge in [0, 0.05) is 50.0 Å². The summed E-state index contributed by atoms with van der Waals surface area (Å²) in [5.41, 5.74) is 5.60. The molecule has 5 rings (SSSR count). The zero-order valence-corrected chi connectivity index (χ0v) is 20.7. The lowest BCUT2D eigenvalue weighted by atomic mass is 9.80. The van der Waals surface area contributed by atoms with E-state index < -0.39 is 35.7 Å². The van der Waals surface area contributed by atoms with Gasteiger partial charge in [0.05, 0.1) is 5.56 Å². The van der Waals surface area contributed by atoms with E-state index in [4.69, 9.17) is 0 Å². The maximum absolute atomic E-state index is 12.7. The molecule has 3 heterocycles. The van der Waals surface area contributed by atoms with Crippen LogP contribution in [-0.2, 0) is 28.7 Å². The average Bonchev–Trinajstić information content (AvgIpc) is 3.34. The molecular weight excluding hydrogens is 557 g/mol. The Morgan fingerprint density at radius 1 is 0.900 bits per heavy atom. The minimum Gasteiger partial charge on any atom is -0.381 e. The molecule has 218 valence electrons. The number of benzene rings is 2. The number of anilines is 2. The lowest BCUT2D eigenvalue weighted by molar-refractivity contribution is -0.193. The molecule has 2 N–H and O–H groups in total. The van der Waals surface area contributed by atoms with Crippen LogP contribution >= 0.6 is 0 Å². The number of nitrogens with one attached hydrogen (secondary N) is 2. The van der Waals surface area contributed by atoms with Gasteiger partial charge in [0.15, 0.2) is 0 Å². The summed E-state index contributed by atoms with van der Waals surface area (Å²) in [5.74, 6) is -5.58. The summed E-state index contributed by atoms with van der Waals surface area (Å²) in [6.45, 7) is 4.93. The van der Waals surface area contributed by atoms with Gasteiger partial charge in [-0.1, -0.05) is 12.1 Å². The highest BCUT2D eigenvalue weighted by Crippen LogP contribution is 2.45. The highest BCUT2D eigenvalue weighted by molar-refractivity contribution is 6.41. The van der Waals surface area contributed by atoms with Crippen LogP contribution in [0.25, 0.3) is 0 Å². The summed E-state index contributed by atoms with van der Waals surface area (Å²) >= 11 is 0. The first kappa shape index (κ1) is 29.7. The number of halogens is 9. The Morgan fingerprint density at radius 2 is 1.52 bits per heavy atom. The van der Waals surface area contributed by atoms with Crippen LogP contribution in [0.3, 0.4) is 0 Å². The number of aryl methyl sites for hydroxylation is 1. The van der Waals surface area contributed by atoms with Crippen molar-refractivity contribution in [3.63, 3.8) is 0 Å². The molecule has 2 aromatic rings. The van der Waals surface area contributed by atoms with Gasteiger partial charge in [-0.3, -0.25) is 9.59 Å². The first-order valence-electron chi connectivity index (χ1n) is 12.3. The Hall–Kier alpha value is -3.29. The van der Waals surface area contributed by atoms with E-state index in [1.807, 2.05) is 0 Å². The molecule has 14 heteroatoms.